The molecular weight excluding hydrogens is 290 g/mol. The molecule has 8 heteroatoms. The van der Waals surface area contributed by atoms with Gasteiger partial charge in [0.15, 0.2) is 6.10 Å². The van der Waals surface area contributed by atoms with E-state index < -0.39 is 22.9 Å². The maximum Gasteiger partial charge on any atom is 0.341 e. The van der Waals surface area contributed by atoms with Crippen molar-refractivity contribution in [3.63, 3.8) is 0 Å². The first-order chi connectivity index (χ1) is 10.4. The number of hydrogen-bond donors (Lipinski definition) is 2. The van der Waals surface area contributed by atoms with Gasteiger partial charge in [-0.25, -0.2) is 4.79 Å². The third-order valence-corrected chi connectivity index (χ3v) is 2.78. The molecule has 0 spiro atoms. The van der Waals surface area contributed by atoms with Gasteiger partial charge in [-0.2, -0.15) is 0 Å². The zero-order chi connectivity index (χ0) is 16.7. The fourth-order valence-electron chi connectivity index (χ4n) is 1.63. The fourth-order valence-corrected chi connectivity index (χ4v) is 1.63. The minimum atomic E-state index is -1.03. The van der Waals surface area contributed by atoms with Crippen LogP contribution in [0.25, 0.3) is 0 Å². The monoisotopic (exact) mass is 307 g/mol. The van der Waals surface area contributed by atoms with Crippen LogP contribution in [0, 0.1) is 10.1 Å². The summed E-state index contributed by atoms with van der Waals surface area (Å²) in [7, 11) is 1.57. The number of ether oxygens (including phenoxy) is 1. The second kappa shape index (κ2) is 7.77. The summed E-state index contributed by atoms with van der Waals surface area (Å²) in [5, 5.41) is 16.0. The molecule has 0 heterocycles. The number of benzene rings is 1. The SMILES string of the molecule is C=CCNC(=O)[C@H](C)OC(=O)c1cc([N+](=O)[O-])ccc1NC. The highest BCUT2D eigenvalue weighted by Gasteiger charge is 2.22. The van der Waals surface area contributed by atoms with Crippen LogP contribution in [0.3, 0.4) is 0 Å². The Morgan fingerprint density at radius 2 is 2.18 bits per heavy atom. The summed E-state index contributed by atoms with van der Waals surface area (Å²) < 4.78 is 5.02. The summed E-state index contributed by atoms with van der Waals surface area (Å²) >= 11 is 0. The number of nitrogens with one attached hydrogen (secondary N) is 2. The molecule has 0 unspecified atom stereocenters. The van der Waals surface area contributed by atoms with E-state index >= 15 is 0 Å². The molecule has 0 fully saturated rings. The van der Waals surface area contributed by atoms with Gasteiger partial charge >= 0.3 is 5.97 Å². The van der Waals surface area contributed by atoms with Crippen LogP contribution in [0.5, 0.6) is 0 Å². The second-order valence-electron chi connectivity index (χ2n) is 4.32. The molecule has 118 valence electrons. The number of carbonyl (C=O) groups excluding carboxylic acids is 2. The van der Waals surface area contributed by atoms with E-state index in [-0.39, 0.29) is 17.8 Å². The van der Waals surface area contributed by atoms with E-state index in [0.29, 0.717) is 5.69 Å². The summed E-state index contributed by atoms with van der Waals surface area (Å²) in [4.78, 5) is 33.9. The van der Waals surface area contributed by atoms with Crippen LogP contribution < -0.4 is 10.6 Å². The molecule has 1 aromatic carbocycles. The van der Waals surface area contributed by atoms with E-state index in [9.17, 15) is 19.7 Å². The predicted octanol–water partition coefficient (Wildman–Crippen LogP) is 1.48. The lowest BCUT2D eigenvalue weighted by molar-refractivity contribution is -0.384. The quantitative estimate of drug-likeness (QED) is 0.342. The molecule has 0 aliphatic heterocycles. The van der Waals surface area contributed by atoms with Gasteiger partial charge in [0.2, 0.25) is 0 Å². The first-order valence-corrected chi connectivity index (χ1v) is 6.46. The molecule has 1 rings (SSSR count). The molecule has 22 heavy (non-hydrogen) atoms. The molecule has 0 aliphatic rings. The van der Waals surface area contributed by atoms with E-state index in [1.54, 1.807) is 7.05 Å². The summed E-state index contributed by atoms with van der Waals surface area (Å²) in [5.74, 6) is -1.31. The molecule has 0 bridgehead atoms. The van der Waals surface area contributed by atoms with Crippen LogP contribution in [0.1, 0.15) is 17.3 Å². The highest BCUT2D eigenvalue weighted by atomic mass is 16.6. The number of nitrogens with zero attached hydrogens (tertiary/aromatic N) is 1. The molecule has 0 aliphatic carbocycles. The zero-order valence-corrected chi connectivity index (χ0v) is 12.3. The first kappa shape index (κ1) is 17.2. The van der Waals surface area contributed by atoms with Crippen molar-refractivity contribution in [2.45, 2.75) is 13.0 Å². The van der Waals surface area contributed by atoms with Gasteiger partial charge in [0.25, 0.3) is 11.6 Å². The van der Waals surface area contributed by atoms with Crippen molar-refractivity contribution in [3.8, 4) is 0 Å². The Morgan fingerprint density at radius 3 is 2.73 bits per heavy atom. The Labute approximate surface area is 127 Å². The number of carbonyl (C=O) groups is 2. The number of esters is 1. The number of nitro groups is 1. The van der Waals surface area contributed by atoms with Gasteiger partial charge < -0.3 is 15.4 Å². The number of hydrogen-bond acceptors (Lipinski definition) is 6. The summed E-state index contributed by atoms with van der Waals surface area (Å²) in [6.07, 6.45) is 0.461. The van der Waals surface area contributed by atoms with E-state index in [0.717, 1.165) is 6.07 Å². The number of anilines is 1. The topological polar surface area (TPSA) is 111 Å². The largest absolute Gasteiger partial charge is 0.449 e. The van der Waals surface area contributed by atoms with Crippen molar-refractivity contribution >= 4 is 23.3 Å². The Kier molecular flexibility index (Phi) is 6.06. The van der Waals surface area contributed by atoms with E-state index in [1.165, 1.54) is 25.1 Å². The third kappa shape index (κ3) is 4.30. The number of rotatable bonds is 7. The first-order valence-electron chi connectivity index (χ1n) is 6.46. The third-order valence-electron chi connectivity index (χ3n) is 2.78. The van der Waals surface area contributed by atoms with Crippen LogP contribution >= 0.6 is 0 Å². The average molecular weight is 307 g/mol. The van der Waals surface area contributed by atoms with E-state index in [2.05, 4.69) is 17.2 Å². The molecule has 2 N–H and O–H groups in total. The maximum absolute atomic E-state index is 12.1. The number of amides is 1. The van der Waals surface area contributed by atoms with Crippen LogP contribution in [0.2, 0.25) is 0 Å². The lowest BCUT2D eigenvalue weighted by Crippen LogP contribution is -2.35. The van der Waals surface area contributed by atoms with Crippen LogP contribution in [0.15, 0.2) is 30.9 Å². The summed E-state index contributed by atoms with van der Waals surface area (Å²) in [6.45, 7) is 5.11. The average Bonchev–Trinajstić information content (AvgIpc) is 2.51. The molecule has 1 atom stereocenters. The van der Waals surface area contributed by atoms with E-state index in [4.69, 9.17) is 4.74 Å². The number of nitro benzene ring substituents is 1. The number of non-ortho nitro benzene ring substituents is 1. The van der Waals surface area contributed by atoms with Crippen LogP contribution in [-0.4, -0.2) is 36.5 Å². The Balaban J connectivity index is 2.92. The molecule has 0 saturated heterocycles. The van der Waals surface area contributed by atoms with Crippen molar-refractivity contribution in [1.29, 1.82) is 0 Å². The summed E-state index contributed by atoms with van der Waals surface area (Å²) in [6, 6.07) is 3.77. The Hall–Kier alpha value is -2.90. The normalized spacial score (nSPS) is 11.2. The smallest absolute Gasteiger partial charge is 0.341 e. The zero-order valence-electron chi connectivity index (χ0n) is 12.3. The minimum absolute atomic E-state index is 0.0138. The maximum atomic E-state index is 12.1. The minimum Gasteiger partial charge on any atom is -0.449 e. The van der Waals surface area contributed by atoms with E-state index in [1.807, 2.05) is 0 Å². The predicted molar refractivity (Wildman–Crippen MR) is 80.7 cm³/mol. The molecule has 0 aromatic heterocycles. The van der Waals surface area contributed by atoms with Crippen molar-refractivity contribution in [1.82, 2.24) is 5.32 Å². The highest BCUT2D eigenvalue weighted by molar-refractivity contribution is 5.98. The molecule has 0 radical (unpaired) electrons. The van der Waals surface area contributed by atoms with Crippen LogP contribution in [0.4, 0.5) is 11.4 Å². The van der Waals surface area contributed by atoms with Gasteiger partial charge in [-0.3, -0.25) is 14.9 Å². The second-order valence-corrected chi connectivity index (χ2v) is 4.32. The molecule has 1 aromatic rings. The van der Waals surface area contributed by atoms with Gasteiger partial charge in [0.1, 0.15) is 0 Å². The molecule has 0 saturated carbocycles. The molecule has 8 nitrogen and oxygen atoms in total. The Bertz CT molecular complexity index is 600. The van der Waals surface area contributed by atoms with Crippen molar-refractivity contribution < 1.29 is 19.2 Å². The molecular formula is C14H17N3O5. The van der Waals surface area contributed by atoms with Crippen molar-refractivity contribution in [3.05, 3.63) is 46.5 Å². The highest BCUT2D eigenvalue weighted by Crippen LogP contribution is 2.23. The van der Waals surface area contributed by atoms with Crippen molar-refractivity contribution in [2.75, 3.05) is 18.9 Å². The van der Waals surface area contributed by atoms with Crippen LogP contribution in [-0.2, 0) is 9.53 Å². The van der Waals surface area contributed by atoms with Crippen molar-refractivity contribution in [2.24, 2.45) is 0 Å². The standard InChI is InChI=1S/C14H17N3O5/c1-4-7-16-13(18)9(2)22-14(19)11-8-10(17(20)21)5-6-12(11)15-3/h4-6,8-9,15H,1,7H2,2-3H3,(H,16,18)/t9-/m0/s1. The lowest BCUT2D eigenvalue weighted by atomic mass is 10.1. The van der Waals surface area contributed by atoms with Gasteiger partial charge in [-0.05, 0) is 13.0 Å². The fraction of sp³-hybridized carbons (Fsp3) is 0.286. The van der Waals surface area contributed by atoms with Gasteiger partial charge in [0, 0.05) is 31.4 Å². The summed E-state index contributed by atoms with van der Waals surface area (Å²) in [5.41, 5.74) is 0.115. The van der Waals surface area contributed by atoms with Gasteiger partial charge in [-0.1, -0.05) is 6.08 Å². The molecule has 1 amide bonds. The Morgan fingerprint density at radius 1 is 1.50 bits per heavy atom. The lowest BCUT2D eigenvalue weighted by Gasteiger charge is -2.14. The van der Waals surface area contributed by atoms with Gasteiger partial charge in [0.05, 0.1) is 10.5 Å². The van der Waals surface area contributed by atoms with Gasteiger partial charge in [-0.15, -0.1) is 6.58 Å².